The second-order valence-electron chi connectivity index (χ2n) is 7.47. The molecule has 0 aliphatic heterocycles. The Morgan fingerprint density at radius 1 is 0.929 bits per heavy atom. The van der Waals surface area contributed by atoms with E-state index in [0.29, 0.717) is 11.8 Å². The van der Waals surface area contributed by atoms with Gasteiger partial charge in [-0.15, -0.1) is 5.10 Å². The van der Waals surface area contributed by atoms with Crippen molar-refractivity contribution in [3.63, 3.8) is 0 Å². The van der Waals surface area contributed by atoms with Gasteiger partial charge in [0, 0.05) is 5.92 Å². The molecule has 6 heteroatoms. The minimum Gasteiger partial charge on any atom is -0.216 e. The normalized spacial score (nSPS) is 18.8. The van der Waals surface area contributed by atoms with E-state index in [9.17, 15) is 0 Å². The summed E-state index contributed by atoms with van der Waals surface area (Å²) in [5.74, 6) is 1.78. The maximum atomic E-state index is 4.86. The van der Waals surface area contributed by atoms with Crippen LogP contribution in [0.3, 0.4) is 0 Å². The summed E-state index contributed by atoms with van der Waals surface area (Å²) in [5, 5.41) is 10.1. The number of nitrogens with zero attached hydrogens (tertiary/aromatic N) is 6. The molecule has 0 amide bonds. The second-order valence-corrected chi connectivity index (χ2v) is 7.47. The zero-order valence-electron chi connectivity index (χ0n) is 15.4. The van der Waals surface area contributed by atoms with Crippen LogP contribution < -0.4 is 0 Å². The molecule has 28 heavy (non-hydrogen) atoms. The van der Waals surface area contributed by atoms with Crippen LogP contribution in [0.15, 0.2) is 67.1 Å². The fourth-order valence-electron chi connectivity index (χ4n) is 3.91. The first-order valence-corrected chi connectivity index (χ1v) is 9.49. The number of rotatable bonds is 3. The number of hydrogen-bond acceptors (Lipinski definition) is 4. The van der Waals surface area contributed by atoms with Crippen molar-refractivity contribution in [3.05, 3.63) is 84.1 Å². The summed E-state index contributed by atoms with van der Waals surface area (Å²) in [6.45, 7) is 2.12. The molecule has 6 nitrogen and oxygen atoms in total. The molecule has 1 fully saturated rings. The van der Waals surface area contributed by atoms with E-state index in [1.807, 2.05) is 41.2 Å². The molecule has 2 unspecified atom stereocenters. The van der Waals surface area contributed by atoms with E-state index in [1.165, 1.54) is 11.1 Å². The third kappa shape index (κ3) is 2.34. The molecule has 1 aliphatic rings. The third-order valence-corrected chi connectivity index (χ3v) is 5.55. The van der Waals surface area contributed by atoms with Crippen LogP contribution in [0.25, 0.3) is 22.4 Å². The lowest BCUT2D eigenvalue weighted by Crippen LogP contribution is -1.98. The van der Waals surface area contributed by atoms with Gasteiger partial charge in [0.15, 0.2) is 17.1 Å². The third-order valence-electron chi connectivity index (χ3n) is 5.55. The van der Waals surface area contributed by atoms with Crippen LogP contribution in [0, 0.1) is 6.92 Å². The van der Waals surface area contributed by atoms with Crippen LogP contribution in [-0.4, -0.2) is 29.4 Å². The standard InChI is InChI=1S/C22H18N6/c1-14-7-9-15(10-8-14)17-11-18(17)20-25-22-19-12-24-28(16-5-3-2-4-6-16)21(19)23-13-27(22)26-20/h2-10,12-13,17-18H,11H2,1H3. The van der Waals surface area contributed by atoms with Gasteiger partial charge in [-0.1, -0.05) is 48.0 Å². The van der Waals surface area contributed by atoms with Crippen molar-refractivity contribution in [2.24, 2.45) is 0 Å². The lowest BCUT2D eigenvalue weighted by molar-refractivity contribution is 0.843. The van der Waals surface area contributed by atoms with Crippen LogP contribution in [-0.2, 0) is 0 Å². The maximum absolute atomic E-state index is 4.86. The van der Waals surface area contributed by atoms with E-state index in [2.05, 4.69) is 41.3 Å². The molecule has 2 aromatic carbocycles. The predicted molar refractivity (Wildman–Crippen MR) is 107 cm³/mol. The van der Waals surface area contributed by atoms with Gasteiger partial charge in [0.2, 0.25) is 0 Å². The quantitative estimate of drug-likeness (QED) is 0.483. The molecule has 0 radical (unpaired) electrons. The van der Waals surface area contributed by atoms with Gasteiger partial charge in [-0.25, -0.2) is 19.2 Å². The first-order valence-electron chi connectivity index (χ1n) is 9.49. The fraction of sp³-hybridized carbons (Fsp3) is 0.182. The van der Waals surface area contributed by atoms with Gasteiger partial charge in [-0.2, -0.15) is 5.10 Å². The number of benzene rings is 2. The fourth-order valence-corrected chi connectivity index (χ4v) is 3.91. The summed E-state index contributed by atoms with van der Waals surface area (Å²) < 4.78 is 3.62. The van der Waals surface area contributed by atoms with E-state index in [1.54, 1.807) is 10.8 Å². The number of hydrogen-bond donors (Lipinski definition) is 0. The summed E-state index contributed by atoms with van der Waals surface area (Å²) in [7, 11) is 0. The van der Waals surface area contributed by atoms with Gasteiger partial charge in [-0.3, -0.25) is 0 Å². The summed E-state index contributed by atoms with van der Waals surface area (Å²) >= 11 is 0. The van der Waals surface area contributed by atoms with Gasteiger partial charge < -0.3 is 0 Å². The minimum atomic E-state index is 0.377. The maximum Gasteiger partial charge on any atom is 0.170 e. The highest BCUT2D eigenvalue weighted by Gasteiger charge is 2.42. The largest absolute Gasteiger partial charge is 0.216 e. The Balaban J connectivity index is 1.40. The lowest BCUT2D eigenvalue weighted by Gasteiger charge is -2.01. The second kappa shape index (κ2) is 5.73. The molecule has 1 saturated carbocycles. The van der Waals surface area contributed by atoms with Gasteiger partial charge in [0.1, 0.15) is 6.33 Å². The lowest BCUT2D eigenvalue weighted by atomic mass is 10.1. The molecule has 136 valence electrons. The summed E-state index contributed by atoms with van der Waals surface area (Å²) in [4.78, 5) is 9.45. The zero-order chi connectivity index (χ0) is 18.7. The summed E-state index contributed by atoms with van der Waals surface area (Å²) in [5.41, 5.74) is 5.25. The SMILES string of the molecule is Cc1ccc(C2CC2c2nc3c4cnn(-c5ccccc5)c4ncn3n2)cc1. The van der Waals surface area contributed by atoms with Crippen molar-refractivity contribution in [1.82, 2.24) is 29.4 Å². The van der Waals surface area contributed by atoms with Crippen molar-refractivity contribution >= 4 is 16.7 Å². The van der Waals surface area contributed by atoms with E-state index < -0.39 is 0 Å². The average Bonchev–Trinajstić information content (AvgIpc) is 3.21. The van der Waals surface area contributed by atoms with E-state index >= 15 is 0 Å². The van der Waals surface area contributed by atoms with Crippen molar-refractivity contribution in [1.29, 1.82) is 0 Å². The van der Waals surface area contributed by atoms with Gasteiger partial charge >= 0.3 is 0 Å². The molecular weight excluding hydrogens is 348 g/mol. The van der Waals surface area contributed by atoms with E-state index in [-0.39, 0.29) is 0 Å². The number of aryl methyl sites for hydroxylation is 1. The Kier molecular flexibility index (Phi) is 3.17. The molecule has 0 saturated heterocycles. The van der Waals surface area contributed by atoms with Gasteiger partial charge in [-0.05, 0) is 37.0 Å². The molecule has 3 aromatic heterocycles. The molecule has 3 heterocycles. The molecule has 5 aromatic rings. The minimum absolute atomic E-state index is 0.377. The summed E-state index contributed by atoms with van der Waals surface area (Å²) in [6.07, 6.45) is 4.66. The van der Waals surface area contributed by atoms with Crippen molar-refractivity contribution in [3.8, 4) is 5.69 Å². The average molecular weight is 366 g/mol. The molecule has 0 N–H and O–H groups in total. The molecule has 0 spiro atoms. The Morgan fingerprint density at radius 3 is 2.57 bits per heavy atom. The Labute approximate surface area is 161 Å². The highest BCUT2D eigenvalue weighted by Crippen LogP contribution is 2.53. The Bertz CT molecular complexity index is 1300. The van der Waals surface area contributed by atoms with Crippen LogP contribution in [0.1, 0.15) is 35.2 Å². The highest BCUT2D eigenvalue weighted by atomic mass is 15.3. The van der Waals surface area contributed by atoms with Gasteiger partial charge in [0.05, 0.1) is 17.3 Å². The monoisotopic (exact) mass is 366 g/mol. The number of para-hydroxylation sites is 1. The van der Waals surface area contributed by atoms with Crippen molar-refractivity contribution < 1.29 is 0 Å². The Morgan fingerprint density at radius 2 is 1.75 bits per heavy atom. The first-order chi connectivity index (χ1) is 13.8. The van der Waals surface area contributed by atoms with Crippen molar-refractivity contribution in [2.75, 3.05) is 0 Å². The number of fused-ring (bicyclic) bond motifs is 3. The molecule has 0 bridgehead atoms. The smallest absolute Gasteiger partial charge is 0.170 e. The molecule has 1 aliphatic carbocycles. The van der Waals surface area contributed by atoms with Crippen LogP contribution in [0.4, 0.5) is 0 Å². The summed E-state index contributed by atoms with van der Waals surface area (Å²) in [6, 6.07) is 18.8. The van der Waals surface area contributed by atoms with Crippen LogP contribution in [0.5, 0.6) is 0 Å². The van der Waals surface area contributed by atoms with E-state index in [4.69, 9.17) is 10.1 Å². The van der Waals surface area contributed by atoms with Crippen LogP contribution >= 0.6 is 0 Å². The first kappa shape index (κ1) is 15.5. The van der Waals surface area contributed by atoms with E-state index in [0.717, 1.165) is 34.6 Å². The molecule has 2 atom stereocenters. The highest BCUT2D eigenvalue weighted by molar-refractivity contribution is 5.89. The number of aromatic nitrogens is 6. The van der Waals surface area contributed by atoms with Crippen molar-refractivity contribution in [2.45, 2.75) is 25.2 Å². The molecule has 6 rings (SSSR count). The Hall–Kier alpha value is -3.54. The predicted octanol–water partition coefficient (Wildman–Crippen LogP) is 4.04. The molecular formula is C22H18N6. The zero-order valence-corrected chi connectivity index (χ0v) is 15.4. The van der Waals surface area contributed by atoms with Gasteiger partial charge in [0.25, 0.3) is 0 Å². The topological polar surface area (TPSA) is 60.9 Å². The van der Waals surface area contributed by atoms with Crippen LogP contribution in [0.2, 0.25) is 0 Å².